The molecule has 0 bridgehead atoms. The van der Waals surface area contributed by atoms with Crippen LogP contribution in [0, 0.1) is 11.3 Å². The summed E-state index contributed by atoms with van der Waals surface area (Å²) in [4.78, 5) is 25.5. The van der Waals surface area contributed by atoms with Gasteiger partial charge in [-0.2, -0.15) is 5.26 Å². The molecule has 130 valence electrons. The second-order valence-electron chi connectivity index (χ2n) is 5.50. The van der Waals surface area contributed by atoms with Gasteiger partial charge in [-0.15, -0.1) is 0 Å². The molecule has 1 amide bonds. The highest BCUT2D eigenvalue weighted by Gasteiger charge is 2.36. The molecule has 1 aromatic carbocycles. The summed E-state index contributed by atoms with van der Waals surface area (Å²) >= 11 is 0. The van der Waals surface area contributed by atoms with Gasteiger partial charge in [-0.25, -0.2) is 4.79 Å². The van der Waals surface area contributed by atoms with E-state index in [0.717, 1.165) is 0 Å². The number of esters is 1. The van der Waals surface area contributed by atoms with E-state index in [1.807, 2.05) is 6.07 Å². The molecule has 0 aliphatic carbocycles. The average molecular weight is 334 g/mol. The first-order valence-electron chi connectivity index (χ1n) is 7.42. The summed E-state index contributed by atoms with van der Waals surface area (Å²) in [5.74, 6) is -0.183. The van der Waals surface area contributed by atoms with E-state index in [1.54, 1.807) is 32.9 Å². The third kappa shape index (κ3) is 4.38. The summed E-state index contributed by atoms with van der Waals surface area (Å²) in [6, 6.07) is 6.63. The van der Waals surface area contributed by atoms with Gasteiger partial charge in [0.05, 0.1) is 25.3 Å². The van der Waals surface area contributed by atoms with Gasteiger partial charge in [-0.3, -0.25) is 4.79 Å². The molecule has 7 nitrogen and oxygen atoms in total. The molecule has 0 aliphatic heterocycles. The van der Waals surface area contributed by atoms with E-state index in [2.05, 4.69) is 0 Å². The Bertz CT molecular complexity index is 649. The van der Waals surface area contributed by atoms with Crippen molar-refractivity contribution in [3.8, 4) is 17.6 Å². The second kappa shape index (κ2) is 8.20. The maximum absolute atomic E-state index is 12.3. The molecule has 0 unspecified atom stereocenters. The lowest BCUT2D eigenvalue weighted by Crippen LogP contribution is -2.52. The number of nitriles is 1. The Hall–Kier alpha value is -2.75. The maximum Gasteiger partial charge on any atom is 0.331 e. The van der Waals surface area contributed by atoms with Crippen molar-refractivity contribution in [2.75, 3.05) is 27.4 Å². The number of amides is 1. The van der Waals surface area contributed by atoms with Crippen molar-refractivity contribution in [1.29, 1.82) is 5.26 Å². The monoisotopic (exact) mass is 334 g/mol. The molecule has 0 aromatic heterocycles. The number of methoxy groups -OCH3 is 1. The van der Waals surface area contributed by atoms with Gasteiger partial charge in [-0.1, -0.05) is 0 Å². The topological polar surface area (TPSA) is 88.9 Å². The molecule has 0 spiro atoms. The Morgan fingerprint density at radius 3 is 2.50 bits per heavy atom. The molecule has 0 N–H and O–H groups in total. The third-order valence-electron chi connectivity index (χ3n) is 3.63. The Labute approximate surface area is 141 Å². The molecule has 24 heavy (non-hydrogen) atoms. The number of hydrogen-bond acceptors (Lipinski definition) is 6. The van der Waals surface area contributed by atoms with Crippen molar-refractivity contribution >= 4 is 11.9 Å². The standard InChI is InChI=1S/C17H22N2O5/c1-6-23-16(21)17(2,3)19(4)15(20)11-24-13-8-7-12(10-18)9-14(13)22-5/h7-9H,6,11H2,1-5H3. The van der Waals surface area contributed by atoms with Crippen molar-refractivity contribution < 1.29 is 23.8 Å². The van der Waals surface area contributed by atoms with Gasteiger partial charge in [0, 0.05) is 13.1 Å². The summed E-state index contributed by atoms with van der Waals surface area (Å²) in [7, 11) is 2.96. The minimum atomic E-state index is -1.11. The normalized spacial score (nSPS) is 10.5. The summed E-state index contributed by atoms with van der Waals surface area (Å²) < 4.78 is 15.6. The molecule has 0 heterocycles. The highest BCUT2D eigenvalue weighted by Crippen LogP contribution is 2.28. The van der Waals surface area contributed by atoms with Gasteiger partial charge in [0.2, 0.25) is 0 Å². The van der Waals surface area contributed by atoms with Crippen molar-refractivity contribution in [2.24, 2.45) is 0 Å². The van der Waals surface area contributed by atoms with Crippen molar-refractivity contribution in [1.82, 2.24) is 4.90 Å². The van der Waals surface area contributed by atoms with Crippen LogP contribution in [0.15, 0.2) is 18.2 Å². The number of nitrogens with zero attached hydrogens (tertiary/aromatic N) is 2. The van der Waals surface area contributed by atoms with Crippen LogP contribution < -0.4 is 9.47 Å². The third-order valence-corrected chi connectivity index (χ3v) is 3.63. The minimum absolute atomic E-state index is 0.239. The number of carbonyl (C=O) groups is 2. The highest BCUT2D eigenvalue weighted by molar-refractivity contribution is 5.87. The smallest absolute Gasteiger partial charge is 0.331 e. The van der Waals surface area contributed by atoms with Crippen molar-refractivity contribution in [3.63, 3.8) is 0 Å². The van der Waals surface area contributed by atoms with Crippen LogP contribution in [0.3, 0.4) is 0 Å². The summed E-state index contributed by atoms with van der Waals surface area (Å²) in [5.41, 5.74) is -0.684. The number of carbonyl (C=O) groups excluding carboxylic acids is 2. The molecule has 1 rings (SSSR count). The van der Waals surface area contributed by atoms with Gasteiger partial charge < -0.3 is 19.1 Å². The molecule has 0 saturated heterocycles. The van der Waals surface area contributed by atoms with E-state index in [9.17, 15) is 9.59 Å². The quantitative estimate of drug-likeness (QED) is 0.706. The van der Waals surface area contributed by atoms with E-state index >= 15 is 0 Å². The second-order valence-corrected chi connectivity index (χ2v) is 5.50. The van der Waals surface area contributed by atoms with Gasteiger partial charge >= 0.3 is 5.97 Å². The van der Waals surface area contributed by atoms with Crippen LogP contribution in [0.4, 0.5) is 0 Å². The zero-order valence-electron chi connectivity index (χ0n) is 14.6. The first-order valence-corrected chi connectivity index (χ1v) is 7.42. The molecule has 0 radical (unpaired) electrons. The first-order chi connectivity index (χ1) is 11.3. The van der Waals surface area contributed by atoms with E-state index in [1.165, 1.54) is 25.1 Å². The van der Waals surface area contributed by atoms with Gasteiger partial charge in [-0.05, 0) is 32.9 Å². The number of benzene rings is 1. The predicted octanol–water partition coefficient (Wildman–Crippen LogP) is 1.75. The van der Waals surface area contributed by atoms with E-state index in [-0.39, 0.29) is 19.1 Å². The fraction of sp³-hybridized carbons (Fsp3) is 0.471. The fourth-order valence-corrected chi connectivity index (χ4v) is 1.85. The number of rotatable bonds is 7. The van der Waals surface area contributed by atoms with Crippen LogP contribution in [0.5, 0.6) is 11.5 Å². The molecular weight excluding hydrogens is 312 g/mol. The molecule has 0 atom stereocenters. The largest absolute Gasteiger partial charge is 0.493 e. The minimum Gasteiger partial charge on any atom is -0.493 e. The van der Waals surface area contributed by atoms with Crippen LogP contribution in [-0.4, -0.2) is 49.7 Å². The summed E-state index contributed by atoms with van der Waals surface area (Å²) in [5, 5.41) is 8.87. The van der Waals surface area contributed by atoms with Gasteiger partial charge in [0.1, 0.15) is 5.54 Å². The van der Waals surface area contributed by atoms with Crippen LogP contribution >= 0.6 is 0 Å². The molecule has 7 heteroatoms. The van der Waals surface area contributed by atoms with Crippen LogP contribution in [-0.2, 0) is 14.3 Å². The Balaban J connectivity index is 2.79. The van der Waals surface area contributed by atoms with Gasteiger partial charge in [0.15, 0.2) is 18.1 Å². The zero-order chi connectivity index (χ0) is 18.3. The van der Waals surface area contributed by atoms with E-state index < -0.39 is 11.5 Å². The van der Waals surface area contributed by atoms with Crippen molar-refractivity contribution in [2.45, 2.75) is 26.3 Å². The van der Waals surface area contributed by atoms with Crippen LogP contribution in [0.2, 0.25) is 0 Å². The molecule has 1 aromatic rings. The fourth-order valence-electron chi connectivity index (χ4n) is 1.85. The Morgan fingerprint density at radius 1 is 1.29 bits per heavy atom. The lowest BCUT2D eigenvalue weighted by Gasteiger charge is -2.33. The number of ether oxygens (including phenoxy) is 3. The molecule has 0 aliphatic rings. The summed E-state index contributed by atoms with van der Waals surface area (Å²) in [6.45, 7) is 4.87. The molecule has 0 saturated carbocycles. The van der Waals surface area contributed by atoms with Crippen LogP contribution in [0.1, 0.15) is 26.3 Å². The number of likely N-dealkylation sites (N-methyl/N-ethyl adjacent to an activating group) is 1. The lowest BCUT2D eigenvalue weighted by molar-refractivity contribution is -0.160. The average Bonchev–Trinajstić information content (AvgIpc) is 2.58. The number of hydrogen-bond donors (Lipinski definition) is 0. The van der Waals surface area contributed by atoms with E-state index in [0.29, 0.717) is 17.1 Å². The summed E-state index contributed by atoms with van der Waals surface area (Å²) in [6.07, 6.45) is 0. The van der Waals surface area contributed by atoms with E-state index in [4.69, 9.17) is 19.5 Å². The predicted molar refractivity (Wildman–Crippen MR) is 86.7 cm³/mol. The Kier molecular flexibility index (Phi) is 6.59. The lowest BCUT2D eigenvalue weighted by atomic mass is 10.0. The highest BCUT2D eigenvalue weighted by atomic mass is 16.5. The first kappa shape index (κ1) is 19.3. The molecule has 0 fully saturated rings. The SMILES string of the molecule is CCOC(=O)C(C)(C)N(C)C(=O)COc1ccc(C#N)cc1OC. The van der Waals surface area contributed by atoms with Crippen molar-refractivity contribution in [3.05, 3.63) is 23.8 Å². The maximum atomic E-state index is 12.3. The molecular formula is C17H22N2O5. The Morgan fingerprint density at radius 2 is 1.96 bits per heavy atom. The van der Waals surface area contributed by atoms with Gasteiger partial charge in [0.25, 0.3) is 5.91 Å². The van der Waals surface area contributed by atoms with Crippen LogP contribution in [0.25, 0.3) is 0 Å². The zero-order valence-corrected chi connectivity index (χ0v) is 14.6.